The van der Waals surface area contributed by atoms with Crippen LogP contribution in [0.15, 0.2) is 70.3 Å². The highest BCUT2D eigenvalue weighted by Crippen LogP contribution is 2.27. The van der Waals surface area contributed by atoms with E-state index in [4.69, 9.17) is 23.6 Å². The second-order valence-corrected chi connectivity index (χ2v) is 6.81. The van der Waals surface area contributed by atoms with Crippen LogP contribution in [0, 0.1) is 0 Å². The summed E-state index contributed by atoms with van der Waals surface area (Å²) < 4.78 is 21.3. The van der Waals surface area contributed by atoms with Crippen LogP contribution in [-0.4, -0.2) is 33.8 Å². The molecular formula is C24H29N3O4. The SMILES string of the molecule is COc1ccc(CNC(=NCc2ccc(OC)c(OC)c2)NCCc2ccco2)cc1. The summed E-state index contributed by atoms with van der Waals surface area (Å²) in [6, 6.07) is 17.6. The van der Waals surface area contributed by atoms with Gasteiger partial charge in [0.25, 0.3) is 0 Å². The van der Waals surface area contributed by atoms with Gasteiger partial charge in [-0.3, -0.25) is 0 Å². The Hall–Kier alpha value is -3.61. The topological polar surface area (TPSA) is 77.2 Å². The first-order chi connectivity index (χ1) is 15.2. The average Bonchev–Trinajstić information content (AvgIpc) is 3.34. The second-order valence-electron chi connectivity index (χ2n) is 6.81. The number of methoxy groups -OCH3 is 3. The van der Waals surface area contributed by atoms with Crippen LogP contribution < -0.4 is 24.8 Å². The summed E-state index contributed by atoms with van der Waals surface area (Å²) in [5, 5.41) is 6.76. The fraction of sp³-hybridized carbons (Fsp3) is 0.292. The molecule has 0 aliphatic carbocycles. The lowest BCUT2D eigenvalue weighted by Crippen LogP contribution is -2.38. The van der Waals surface area contributed by atoms with Crippen molar-refractivity contribution in [1.82, 2.24) is 10.6 Å². The predicted molar refractivity (Wildman–Crippen MR) is 121 cm³/mol. The minimum atomic E-state index is 0.499. The molecule has 0 aliphatic rings. The van der Waals surface area contributed by atoms with Crippen LogP contribution >= 0.6 is 0 Å². The first-order valence-electron chi connectivity index (χ1n) is 10.1. The van der Waals surface area contributed by atoms with Crippen molar-refractivity contribution in [2.45, 2.75) is 19.5 Å². The molecule has 0 amide bonds. The van der Waals surface area contributed by atoms with Gasteiger partial charge in [0.1, 0.15) is 11.5 Å². The van der Waals surface area contributed by atoms with E-state index in [-0.39, 0.29) is 0 Å². The van der Waals surface area contributed by atoms with Crippen molar-refractivity contribution in [3.63, 3.8) is 0 Å². The Labute approximate surface area is 183 Å². The smallest absolute Gasteiger partial charge is 0.191 e. The van der Waals surface area contributed by atoms with E-state index in [1.54, 1.807) is 27.6 Å². The molecule has 7 nitrogen and oxygen atoms in total. The highest BCUT2D eigenvalue weighted by atomic mass is 16.5. The maximum atomic E-state index is 5.41. The summed E-state index contributed by atoms with van der Waals surface area (Å²) in [4.78, 5) is 4.74. The zero-order valence-electron chi connectivity index (χ0n) is 18.2. The number of ether oxygens (including phenoxy) is 3. The molecule has 0 bridgehead atoms. The van der Waals surface area contributed by atoms with Crippen molar-refractivity contribution in [1.29, 1.82) is 0 Å². The van der Waals surface area contributed by atoms with Crippen LogP contribution in [0.2, 0.25) is 0 Å². The van der Waals surface area contributed by atoms with Crippen molar-refractivity contribution in [2.24, 2.45) is 4.99 Å². The van der Waals surface area contributed by atoms with Gasteiger partial charge in [-0.15, -0.1) is 0 Å². The summed E-state index contributed by atoms with van der Waals surface area (Å²) >= 11 is 0. The Morgan fingerprint density at radius 1 is 0.871 bits per heavy atom. The quantitative estimate of drug-likeness (QED) is 0.382. The third kappa shape index (κ3) is 6.70. The summed E-state index contributed by atoms with van der Waals surface area (Å²) in [6.07, 6.45) is 2.45. The molecule has 0 spiro atoms. The van der Waals surface area contributed by atoms with Crippen molar-refractivity contribution in [3.05, 3.63) is 77.7 Å². The minimum absolute atomic E-state index is 0.499. The third-order valence-corrected chi connectivity index (χ3v) is 4.73. The fourth-order valence-corrected chi connectivity index (χ4v) is 3.01. The van der Waals surface area contributed by atoms with Gasteiger partial charge in [-0.2, -0.15) is 0 Å². The predicted octanol–water partition coefficient (Wildman–Crippen LogP) is 3.78. The van der Waals surface area contributed by atoms with Crippen LogP contribution in [0.4, 0.5) is 0 Å². The Morgan fingerprint density at radius 3 is 2.32 bits per heavy atom. The zero-order chi connectivity index (χ0) is 21.9. The van der Waals surface area contributed by atoms with Crippen molar-refractivity contribution >= 4 is 5.96 Å². The molecular weight excluding hydrogens is 394 g/mol. The molecule has 1 heterocycles. The zero-order valence-corrected chi connectivity index (χ0v) is 18.2. The molecule has 0 saturated carbocycles. The van der Waals surface area contributed by atoms with Crippen molar-refractivity contribution in [2.75, 3.05) is 27.9 Å². The molecule has 1 aromatic heterocycles. The molecule has 0 atom stereocenters. The number of hydrogen-bond acceptors (Lipinski definition) is 5. The third-order valence-electron chi connectivity index (χ3n) is 4.73. The van der Waals surface area contributed by atoms with Gasteiger partial charge in [0.05, 0.1) is 34.1 Å². The number of guanidine groups is 1. The lowest BCUT2D eigenvalue weighted by atomic mass is 10.2. The number of nitrogens with one attached hydrogen (secondary N) is 2. The van der Waals surface area contributed by atoms with Gasteiger partial charge in [-0.05, 0) is 47.5 Å². The van der Waals surface area contributed by atoms with E-state index in [1.165, 1.54) is 0 Å². The molecule has 31 heavy (non-hydrogen) atoms. The van der Waals surface area contributed by atoms with E-state index in [0.29, 0.717) is 31.1 Å². The van der Waals surface area contributed by atoms with Crippen LogP contribution in [0.3, 0.4) is 0 Å². The number of benzene rings is 2. The standard InChI is InChI=1S/C24H29N3O4/c1-28-20-9-6-18(7-10-20)16-26-24(25-13-12-21-5-4-14-31-21)27-17-19-8-11-22(29-2)23(15-19)30-3/h4-11,14-15H,12-13,16-17H2,1-3H3,(H2,25,26,27). The molecule has 0 saturated heterocycles. The molecule has 7 heteroatoms. The Morgan fingerprint density at radius 2 is 1.65 bits per heavy atom. The van der Waals surface area contributed by atoms with Crippen LogP contribution in [0.1, 0.15) is 16.9 Å². The van der Waals surface area contributed by atoms with Crippen LogP contribution in [-0.2, 0) is 19.5 Å². The first-order valence-corrected chi connectivity index (χ1v) is 10.1. The average molecular weight is 424 g/mol. The minimum Gasteiger partial charge on any atom is -0.497 e. The van der Waals surface area contributed by atoms with E-state index in [2.05, 4.69) is 10.6 Å². The Kier molecular flexibility index (Phi) is 8.22. The van der Waals surface area contributed by atoms with Crippen molar-refractivity contribution < 1.29 is 18.6 Å². The number of nitrogens with zero attached hydrogens (tertiary/aromatic N) is 1. The normalized spacial score (nSPS) is 11.1. The molecule has 0 radical (unpaired) electrons. The highest BCUT2D eigenvalue weighted by Gasteiger charge is 2.06. The number of rotatable bonds is 10. The molecule has 3 aromatic rings. The Balaban J connectivity index is 1.65. The number of hydrogen-bond donors (Lipinski definition) is 2. The van der Waals surface area contributed by atoms with Gasteiger partial charge in [-0.25, -0.2) is 4.99 Å². The molecule has 3 rings (SSSR count). The lowest BCUT2D eigenvalue weighted by Gasteiger charge is -2.13. The fourth-order valence-electron chi connectivity index (χ4n) is 3.01. The van der Waals surface area contributed by atoms with Crippen molar-refractivity contribution in [3.8, 4) is 17.2 Å². The molecule has 2 N–H and O–H groups in total. The van der Waals surface area contributed by atoms with Crippen LogP contribution in [0.5, 0.6) is 17.2 Å². The number of aliphatic imine (C=N–C) groups is 1. The summed E-state index contributed by atoms with van der Waals surface area (Å²) in [5.74, 6) is 3.88. The molecule has 2 aromatic carbocycles. The molecule has 0 aliphatic heterocycles. The summed E-state index contributed by atoms with van der Waals surface area (Å²) in [6.45, 7) is 1.84. The molecule has 0 unspecified atom stereocenters. The van der Waals surface area contributed by atoms with Gasteiger partial charge in [0.2, 0.25) is 0 Å². The lowest BCUT2D eigenvalue weighted by molar-refractivity contribution is 0.354. The first kappa shape index (κ1) is 22.1. The maximum absolute atomic E-state index is 5.41. The number of furan rings is 1. The van der Waals surface area contributed by atoms with E-state index in [0.717, 1.165) is 35.0 Å². The van der Waals surface area contributed by atoms with Gasteiger partial charge in [-0.1, -0.05) is 18.2 Å². The second kappa shape index (κ2) is 11.5. The van der Waals surface area contributed by atoms with E-state index >= 15 is 0 Å². The highest BCUT2D eigenvalue weighted by molar-refractivity contribution is 5.79. The maximum Gasteiger partial charge on any atom is 0.191 e. The van der Waals surface area contributed by atoms with E-state index in [9.17, 15) is 0 Å². The summed E-state index contributed by atoms with van der Waals surface area (Å²) in [7, 11) is 4.91. The van der Waals surface area contributed by atoms with Gasteiger partial charge in [0.15, 0.2) is 17.5 Å². The van der Waals surface area contributed by atoms with Gasteiger partial charge in [0, 0.05) is 19.5 Å². The Bertz CT molecular complexity index is 953. The monoisotopic (exact) mass is 423 g/mol. The van der Waals surface area contributed by atoms with E-state index in [1.807, 2.05) is 54.6 Å². The summed E-state index contributed by atoms with van der Waals surface area (Å²) in [5.41, 5.74) is 2.15. The van der Waals surface area contributed by atoms with E-state index < -0.39 is 0 Å². The largest absolute Gasteiger partial charge is 0.497 e. The van der Waals surface area contributed by atoms with Crippen LogP contribution in [0.25, 0.3) is 0 Å². The van der Waals surface area contributed by atoms with Gasteiger partial charge >= 0.3 is 0 Å². The molecule has 164 valence electrons. The van der Waals surface area contributed by atoms with Gasteiger partial charge < -0.3 is 29.3 Å². The molecule has 0 fully saturated rings.